The summed E-state index contributed by atoms with van der Waals surface area (Å²) < 4.78 is 0. The van der Waals surface area contributed by atoms with Gasteiger partial charge >= 0.3 is 5.97 Å². The molecule has 20 heavy (non-hydrogen) atoms. The maximum absolute atomic E-state index is 11.5. The van der Waals surface area contributed by atoms with Crippen LogP contribution in [0.5, 0.6) is 0 Å². The van der Waals surface area contributed by atoms with E-state index in [1.165, 1.54) is 0 Å². The molecule has 7 heteroatoms. The molecule has 1 aliphatic heterocycles. The Labute approximate surface area is 127 Å². The van der Waals surface area contributed by atoms with Gasteiger partial charge in [-0.25, -0.2) is 0 Å². The minimum absolute atomic E-state index is 0.285. The Kier molecular flexibility index (Phi) is 4.70. The molecule has 0 spiro atoms. The van der Waals surface area contributed by atoms with Crippen LogP contribution in [-0.4, -0.2) is 34.4 Å². The molecule has 2 heterocycles. The van der Waals surface area contributed by atoms with Crippen LogP contribution in [0.15, 0.2) is 6.07 Å². The van der Waals surface area contributed by atoms with Crippen molar-refractivity contribution < 1.29 is 9.90 Å². The number of nitrogens with zero attached hydrogens (tertiary/aromatic N) is 3. The molecule has 0 aromatic carbocycles. The fraction of sp³-hybridized carbons (Fsp3) is 0.615. The quantitative estimate of drug-likeness (QED) is 0.923. The predicted octanol–water partition coefficient (Wildman–Crippen LogP) is 3.25. The summed E-state index contributed by atoms with van der Waals surface area (Å²) in [5.74, 6) is -0.698. The van der Waals surface area contributed by atoms with E-state index in [-0.39, 0.29) is 5.15 Å². The predicted molar refractivity (Wildman–Crippen MR) is 78.5 cm³/mol. The molecule has 1 aromatic rings. The van der Waals surface area contributed by atoms with E-state index in [9.17, 15) is 9.90 Å². The SMILES string of the molecule is CCCC1(C(=O)O)CCN(c2cc(Cl)nnc2Cl)CC1. The summed E-state index contributed by atoms with van der Waals surface area (Å²) in [6, 6.07) is 1.67. The van der Waals surface area contributed by atoms with Crippen molar-refractivity contribution in [1.82, 2.24) is 10.2 Å². The number of piperidine rings is 1. The number of carboxylic acid groups (broad SMARTS) is 1. The van der Waals surface area contributed by atoms with Gasteiger partial charge in [0, 0.05) is 19.2 Å². The molecule has 0 amide bonds. The van der Waals surface area contributed by atoms with E-state index in [1.807, 2.05) is 11.8 Å². The highest BCUT2D eigenvalue weighted by Gasteiger charge is 2.40. The van der Waals surface area contributed by atoms with Gasteiger partial charge in [0.2, 0.25) is 0 Å². The second-order valence-corrected chi connectivity index (χ2v) is 5.91. The van der Waals surface area contributed by atoms with E-state index in [2.05, 4.69) is 10.2 Å². The Bertz CT molecular complexity index is 502. The van der Waals surface area contributed by atoms with Crippen molar-refractivity contribution in [3.8, 4) is 0 Å². The van der Waals surface area contributed by atoms with Crippen LogP contribution in [0, 0.1) is 5.41 Å². The van der Waals surface area contributed by atoms with E-state index in [0.29, 0.717) is 37.5 Å². The van der Waals surface area contributed by atoms with E-state index in [4.69, 9.17) is 23.2 Å². The van der Waals surface area contributed by atoms with Crippen molar-refractivity contribution in [2.24, 2.45) is 5.41 Å². The third-order valence-corrected chi connectivity index (χ3v) is 4.40. The number of carboxylic acids is 1. The van der Waals surface area contributed by atoms with Gasteiger partial charge in [-0.3, -0.25) is 4.79 Å². The number of hydrogen-bond donors (Lipinski definition) is 1. The molecule has 1 aliphatic rings. The largest absolute Gasteiger partial charge is 0.481 e. The minimum Gasteiger partial charge on any atom is -0.481 e. The molecule has 2 rings (SSSR count). The van der Waals surface area contributed by atoms with Crippen molar-refractivity contribution in [3.05, 3.63) is 16.4 Å². The average Bonchev–Trinajstić information content (AvgIpc) is 2.42. The molecule has 1 aromatic heterocycles. The van der Waals surface area contributed by atoms with Gasteiger partial charge in [-0.2, -0.15) is 0 Å². The Morgan fingerprint density at radius 2 is 2.05 bits per heavy atom. The van der Waals surface area contributed by atoms with Gasteiger partial charge in [0.25, 0.3) is 0 Å². The lowest BCUT2D eigenvalue weighted by atomic mass is 9.75. The summed E-state index contributed by atoms with van der Waals surface area (Å²) in [5, 5.41) is 17.5. The molecule has 1 saturated heterocycles. The Morgan fingerprint density at radius 1 is 1.40 bits per heavy atom. The zero-order valence-corrected chi connectivity index (χ0v) is 12.8. The maximum Gasteiger partial charge on any atom is 0.309 e. The second-order valence-electron chi connectivity index (χ2n) is 5.17. The molecule has 0 aliphatic carbocycles. The van der Waals surface area contributed by atoms with E-state index >= 15 is 0 Å². The molecular formula is C13H17Cl2N3O2. The third-order valence-electron chi connectivity index (χ3n) is 3.94. The van der Waals surface area contributed by atoms with Crippen molar-refractivity contribution in [1.29, 1.82) is 0 Å². The van der Waals surface area contributed by atoms with Crippen molar-refractivity contribution >= 4 is 34.9 Å². The third kappa shape index (κ3) is 2.99. The smallest absolute Gasteiger partial charge is 0.309 e. The van der Waals surface area contributed by atoms with Crippen LogP contribution in [-0.2, 0) is 4.79 Å². The number of anilines is 1. The maximum atomic E-state index is 11.5. The van der Waals surface area contributed by atoms with Crippen LogP contribution in [0.3, 0.4) is 0 Å². The first-order valence-corrected chi connectivity index (χ1v) is 7.41. The number of halogens is 2. The van der Waals surface area contributed by atoms with E-state index in [0.717, 1.165) is 12.1 Å². The lowest BCUT2D eigenvalue weighted by Crippen LogP contribution is -2.44. The standard InChI is InChI=1S/C13H17Cl2N3O2/c1-2-3-13(12(19)20)4-6-18(7-5-13)9-8-10(14)16-17-11(9)15/h8H,2-7H2,1H3,(H,19,20). The zero-order valence-electron chi connectivity index (χ0n) is 11.3. The number of aromatic nitrogens is 2. The van der Waals surface area contributed by atoms with Crippen molar-refractivity contribution in [2.45, 2.75) is 32.6 Å². The summed E-state index contributed by atoms with van der Waals surface area (Å²) in [7, 11) is 0. The van der Waals surface area contributed by atoms with Gasteiger partial charge in [-0.1, -0.05) is 36.5 Å². The molecule has 110 valence electrons. The fourth-order valence-electron chi connectivity index (χ4n) is 2.79. The van der Waals surface area contributed by atoms with Gasteiger partial charge < -0.3 is 10.0 Å². The first kappa shape index (κ1) is 15.3. The van der Waals surface area contributed by atoms with Crippen molar-refractivity contribution in [2.75, 3.05) is 18.0 Å². The zero-order chi connectivity index (χ0) is 14.8. The number of hydrogen-bond acceptors (Lipinski definition) is 4. The van der Waals surface area contributed by atoms with Crippen molar-refractivity contribution in [3.63, 3.8) is 0 Å². The van der Waals surface area contributed by atoms with Gasteiger partial charge in [-0.05, 0) is 19.3 Å². The highest BCUT2D eigenvalue weighted by Crippen LogP contribution is 2.39. The van der Waals surface area contributed by atoms with Gasteiger partial charge in [0.05, 0.1) is 11.1 Å². The average molecular weight is 318 g/mol. The summed E-state index contributed by atoms with van der Waals surface area (Å²) in [5.41, 5.74) is 0.115. The highest BCUT2D eigenvalue weighted by molar-refractivity contribution is 6.33. The highest BCUT2D eigenvalue weighted by atomic mass is 35.5. The second kappa shape index (κ2) is 6.14. The Morgan fingerprint density at radius 3 is 2.60 bits per heavy atom. The normalized spacial score (nSPS) is 18.1. The lowest BCUT2D eigenvalue weighted by Gasteiger charge is -2.39. The molecule has 1 fully saturated rings. The van der Waals surface area contributed by atoms with Gasteiger partial charge in [0.15, 0.2) is 10.3 Å². The summed E-state index contributed by atoms with van der Waals surface area (Å²) in [4.78, 5) is 13.6. The molecule has 0 unspecified atom stereocenters. The fourth-order valence-corrected chi connectivity index (χ4v) is 3.14. The molecule has 0 atom stereocenters. The summed E-state index contributed by atoms with van der Waals surface area (Å²) in [6.07, 6.45) is 2.79. The van der Waals surface area contributed by atoms with Crippen LogP contribution >= 0.6 is 23.2 Å². The molecule has 1 N–H and O–H groups in total. The number of aliphatic carboxylic acids is 1. The van der Waals surface area contributed by atoms with Crippen LogP contribution in [0.1, 0.15) is 32.6 Å². The summed E-state index contributed by atoms with van der Waals surface area (Å²) >= 11 is 11.9. The van der Waals surface area contributed by atoms with Crippen LogP contribution in [0.25, 0.3) is 0 Å². The first-order chi connectivity index (χ1) is 9.48. The first-order valence-electron chi connectivity index (χ1n) is 6.65. The van der Waals surface area contributed by atoms with Gasteiger partial charge in [0.1, 0.15) is 0 Å². The van der Waals surface area contributed by atoms with Gasteiger partial charge in [-0.15, -0.1) is 10.2 Å². The number of carbonyl (C=O) groups is 1. The van der Waals surface area contributed by atoms with Crippen LogP contribution < -0.4 is 4.90 Å². The van der Waals surface area contributed by atoms with Crippen LogP contribution in [0.2, 0.25) is 10.3 Å². The molecule has 0 saturated carbocycles. The Balaban J connectivity index is 2.14. The molecule has 5 nitrogen and oxygen atoms in total. The topological polar surface area (TPSA) is 66.3 Å². The van der Waals surface area contributed by atoms with Crippen LogP contribution in [0.4, 0.5) is 5.69 Å². The monoisotopic (exact) mass is 317 g/mol. The van der Waals surface area contributed by atoms with E-state index < -0.39 is 11.4 Å². The number of rotatable bonds is 4. The lowest BCUT2D eigenvalue weighted by molar-refractivity contribution is -0.150. The Hall–Kier alpha value is -1.07. The molecule has 0 bridgehead atoms. The van der Waals surface area contributed by atoms with E-state index in [1.54, 1.807) is 6.07 Å². The summed E-state index contributed by atoms with van der Waals surface area (Å²) in [6.45, 7) is 3.28. The minimum atomic E-state index is -0.698. The molecule has 0 radical (unpaired) electrons. The molecular weight excluding hydrogens is 301 g/mol.